The van der Waals surface area contributed by atoms with Crippen molar-refractivity contribution in [2.45, 2.75) is 38.6 Å². The number of halogens is 3. The minimum absolute atomic E-state index is 0.121. The molecule has 1 atom stereocenters. The molecule has 2 rings (SSSR count). The van der Waals surface area contributed by atoms with Crippen LogP contribution in [0.3, 0.4) is 0 Å². The Bertz CT molecular complexity index is 594. The van der Waals surface area contributed by atoms with Crippen LogP contribution in [0.25, 0.3) is 11.0 Å². The molecular weight excluding hydrogens is 291 g/mol. The number of imidazole rings is 1. The molecule has 1 aromatic carbocycles. The van der Waals surface area contributed by atoms with E-state index < -0.39 is 0 Å². The Labute approximate surface area is 122 Å². The maximum absolute atomic E-state index is 6.22. The van der Waals surface area contributed by atoms with Gasteiger partial charge in [-0.15, -0.1) is 11.6 Å². The molecule has 2 aromatic rings. The van der Waals surface area contributed by atoms with Crippen LogP contribution in [0.2, 0.25) is 10.0 Å². The van der Waals surface area contributed by atoms with Gasteiger partial charge in [-0.3, -0.25) is 0 Å². The SMILES string of the molecule is CC(Cl)c1nc2cc(Cl)c(Cl)cc2n1C(C)(C)C. The van der Waals surface area contributed by atoms with Gasteiger partial charge in [0.15, 0.2) is 0 Å². The van der Waals surface area contributed by atoms with Gasteiger partial charge in [0.25, 0.3) is 0 Å². The van der Waals surface area contributed by atoms with Crippen LogP contribution in [0, 0.1) is 0 Å². The van der Waals surface area contributed by atoms with E-state index in [0.29, 0.717) is 10.0 Å². The highest BCUT2D eigenvalue weighted by atomic mass is 35.5. The van der Waals surface area contributed by atoms with E-state index in [4.69, 9.17) is 34.8 Å². The van der Waals surface area contributed by atoms with E-state index in [-0.39, 0.29) is 10.9 Å². The highest BCUT2D eigenvalue weighted by Gasteiger charge is 2.24. The molecule has 0 aliphatic rings. The molecule has 1 aromatic heterocycles. The molecule has 1 unspecified atom stereocenters. The van der Waals surface area contributed by atoms with E-state index in [0.717, 1.165) is 16.9 Å². The molecule has 0 aliphatic heterocycles. The van der Waals surface area contributed by atoms with Gasteiger partial charge in [0, 0.05) is 5.54 Å². The smallest absolute Gasteiger partial charge is 0.128 e. The Morgan fingerprint density at radius 3 is 2.22 bits per heavy atom. The van der Waals surface area contributed by atoms with Crippen molar-refractivity contribution in [1.82, 2.24) is 9.55 Å². The number of rotatable bonds is 1. The summed E-state index contributed by atoms with van der Waals surface area (Å²) in [6, 6.07) is 3.63. The van der Waals surface area contributed by atoms with Crippen molar-refractivity contribution in [3.63, 3.8) is 0 Å². The molecule has 5 heteroatoms. The van der Waals surface area contributed by atoms with Gasteiger partial charge in [-0.25, -0.2) is 4.98 Å². The van der Waals surface area contributed by atoms with E-state index in [9.17, 15) is 0 Å². The lowest BCUT2D eigenvalue weighted by atomic mass is 10.1. The molecular formula is C13H15Cl3N2. The normalized spacial score (nSPS) is 14.2. The summed E-state index contributed by atoms with van der Waals surface area (Å²) in [4.78, 5) is 4.57. The van der Waals surface area contributed by atoms with Crippen molar-refractivity contribution in [3.8, 4) is 0 Å². The predicted octanol–water partition coefficient (Wildman–Crippen LogP) is 5.40. The third-order valence-electron chi connectivity index (χ3n) is 2.75. The first-order chi connectivity index (χ1) is 8.21. The second kappa shape index (κ2) is 4.59. The molecule has 0 N–H and O–H groups in total. The molecule has 0 bridgehead atoms. The maximum atomic E-state index is 6.22. The van der Waals surface area contributed by atoms with Gasteiger partial charge < -0.3 is 4.57 Å². The van der Waals surface area contributed by atoms with Crippen LogP contribution in [-0.4, -0.2) is 9.55 Å². The molecule has 0 saturated carbocycles. The van der Waals surface area contributed by atoms with Gasteiger partial charge in [0.2, 0.25) is 0 Å². The number of aromatic nitrogens is 2. The summed E-state index contributed by atoms with van der Waals surface area (Å²) < 4.78 is 2.11. The van der Waals surface area contributed by atoms with Crippen LogP contribution in [0.5, 0.6) is 0 Å². The quantitative estimate of drug-likeness (QED) is 0.645. The summed E-state index contributed by atoms with van der Waals surface area (Å²) in [6.07, 6.45) is 0. The lowest BCUT2D eigenvalue weighted by molar-refractivity contribution is 0.394. The van der Waals surface area contributed by atoms with E-state index >= 15 is 0 Å². The van der Waals surface area contributed by atoms with Crippen molar-refractivity contribution >= 4 is 45.8 Å². The van der Waals surface area contributed by atoms with E-state index in [1.165, 1.54) is 0 Å². The Morgan fingerprint density at radius 2 is 1.72 bits per heavy atom. The zero-order valence-electron chi connectivity index (χ0n) is 10.8. The summed E-state index contributed by atoms with van der Waals surface area (Å²) >= 11 is 18.3. The van der Waals surface area contributed by atoms with Gasteiger partial charge in [-0.2, -0.15) is 0 Å². The molecule has 18 heavy (non-hydrogen) atoms. The molecule has 0 saturated heterocycles. The average Bonchev–Trinajstić information content (AvgIpc) is 2.56. The van der Waals surface area contributed by atoms with Crippen LogP contribution in [0.15, 0.2) is 12.1 Å². The molecule has 98 valence electrons. The summed E-state index contributed by atoms with van der Waals surface area (Å²) in [6.45, 7) is 8.24. The molecule has 2 nitrogen and oxygen atoms in total. The molecule has 0 radical (unpaired) electrons. The summed E-state index contributed by atoms with van der Waals surface area (Å²) in [5.74, 6) is 0.831. The highest BCUT2D eigenvalue weighted by molar-refractivity contribution is 6.42. The van der Waals surface area contributed by atoms with Gasteiger partial charge in [-0.05, 0) is 39.8 Å². The lowest BCUT2D eigenvalue weighted by Crippen LogP contribution is -2.24. The largest absolute Gasteiger partial charge is 0.321 e. The summed E-state index contributed by atoms with van der Waals surface area (Å²) in [7, 11) is 0. The first-order valence-corrected chi connectivity index (χ1v) is 6.93. The third kappa shape index (κ3) is 2.34. The lowest BCUT2D eigenvalue weighted by Gasteiger charge is -2.25. The standard InChI is InChI=1S/C13H15Cl3N2/c1-7(14)12-17-10-5-8(15)9(16)6-11(10)18(12)13(2,3)4/h5-7H,1-4H3. The maximum Gasteiger partial charge on any atom is 0.128 e. The van der Waals surface area contributed by atoms with Crippen LogP contribution in [0.1, 0.15) is 38.9 Å². The third-order valence-corrected chi connectivity index (χ3v) is 3.67. The Hall–Kier alpha value is -0.440. The molecule has 1 heterocycles. The van der Waals surface area contributed by atoms with Crippen LogP contribution in [0.4, 0.5) is 0 Å². The topological polar surface area (TPSA) is 17.8 Å². The van der Waals surface area contributed by atoms with Crippen molar-refractivity contribution in [1.29, 1.82) is 0 Å². The first-order valence-electron chi connectivity index (χ1n) is 5.73. The minimum atomic E-state index is -0.172. The predicted molar refractivity (Wildman–Crippen MR) is 79.0 cm³/mol. The van der Waals surface area contributed by atoms with E-state index in [2.05, 4.69) is 30.3 Å². The summed E-state index contributed by atoms with van der Waals surface area (Å²) in [5, 5.41) is 0.869. The van der Waals surface area contributed by atoms with E-state index in [1.807, 2.05) is 13.0 Å². The van der Waals surface area contributed by atoms with Gasteiger partial charge >= 0.3 is 0 Å². The van der Waals surface area contributed by atoms with Gasteiger partial charge in [0.1, 0.15) is 5.82 Å². The number of fused-ring (bicyclic) bond motifs is 1. The Kier molecular flexibility index (Phi) is 3.56. The van der Waals surface area contributed by atoms with Gasteiger partial charge in [0.05, 0.1) is 26.5 Å². The summed E-state index contributed by atoms with van der Waals surface area (Å²) in [5.41, 5.74) is 1.66. The fourth-order valence-corrected chi connectivity index (χ4v) is 2.53. The number of benzene rings is 1. The second-order valence-corrected chi connectivity index (χ2v) is 6.82. The van der Waals surface area contributed by atoms with Crippen LogP contribution < -0.4 is 0 Å². The minimum Gasteiger partial charge on any atom is -0.321 e. The van der Waals surface area contributed by atoms with E-state index in [1.54, 1.807) is 6.07 Å². The fourth-order valence-electron chi connectivity index (χ4n) is 2.06. The molecule has 0 spiro atoms. The molecule has 0 aliphatic carbocycles. The first kappa shape index (κ1) is 14.0. The van der Waals surface area contributed by atoms with Crippen molar-refractivity contribution in [2.24, 2.45) is 0 Å². The van der Waals surface area contributed by atoms with Crippen LogP contribution in [-0.2, 0) is 5.54 Å². The van der Waals surface area contributed by atoms with Crippen molar-refractivity contribution < 1.29 is 0 Å². The zero-order chi connectivity index (χ0) is 13.7. The Morgan fingerprint density at radius 1 is 1.17 bits per heavy atom. The van der Waals surface area contributed by atoms with Crippen LogP contribution >= 0.6 is 34.8 Å². The molecule has 0 amide bonds. The fraction of sp³-hybridized carbons (Fsp3) is 0.462. The Balaban J connectivity index is 2.86. The average molecular weight is 306 g/mol. The monoisotopic (exact) mass is 304 g/mol. The zero-order valence-corrected chi connectivity index (χ0v) is 13.0. The number of nitrogens with zero attached hydrogens (tertiary/aromatic N) is 2. The molecule has 0 fully saturated rings. The second-order valence-electron chi connectivity index (χ2n) is 5.35. The number of hydrogen-bond acceptors (Lipinski definition) is 1. The number of hydrogen-bond donors (Lipinski definition) is 0. The van der Waals surface area contributed by atoms with Crippen molar-refractivity contribution in [2.75, 3.05) is 0 Å². The highest BCUT2D eigenvalue weighted by Crippen LogP contribution is 2.34. The van der Waals surface area contributed by atoms with Gasteiger partial charge in [-0.1, -0.05) is 23.2 Å². The van der Waals surface area contributed by atoms with Crippen molar-refractivity contribution in [3.05, 3.63) is 28.0 Å². The number of alkyl halides is 1.